The van der Waals surface area contributed by atoms with E-state index in [0.717, 1.165) is 41.7 Å². The third-order valence-electron chi connectivity index (χ3n) is 4.45. The van der Waals surface area contributed by atoms with Gasteiger partial charge in [-0.3, -0.25) is 9.97 Å². The van der Waals surface area contributed by atoms with E-state index in [0.29, 0.717) is 11.6 Å². The van der Waals surface area contributed by atoms with Crippen molar-refractivity contribution in [1.82, 2.24) is 20.2 Å². The summed E-state index contributed by atoms with van der Waals surface area (Å²) in [6, 6.07) is 10.4. The van der Waals surface area contributed by atoms with E-state index >= 15 is 0 Å². The van der Waals surface area contributed by atoms with Gasteiger partial charge in [-0.15, -0.1) is 5.10 Å². The van der Waals surface area contributed by atoms with Crippen molar-refractivity contribution in [2.45, 2.75) is 19.0 Å². The van der Waals surface area contributed by atoms with E-state index < -0.39 is 11.7 Å². The molecular formula is C21H16F3N5O. The number of nitrogens with one attached hydrogen (secondary N) is 1. The minimum Gasteiger partial charge on any atom is -0.403 e. The maximum absolute atomic E-state index is 12.7. The Morgan fingerprint density at radius 2 is 1.57 bits per heavy atom. The van der Waals surface area contributed by atoms with Gasteiger partial charge in [-0.2, -0.15) is 13.2 Å². The summed E-state index contributed by atoms with van der Waals surface area (Å²) in [7, 11) is 0. The van der Waals surface area contributed by atoms with Gasteiger partial charge in [0.2, 0.25) is 5.89 Å². The molecule has 0 radical (unpaired) electrons. The monoisotopic (exact) mass is 411 g/mol. The van der Waals surface area contributed by atoms with Crippen molar-refractivity contribution in [3.05, 3.63) is 83.9 Å². The molecule has 0 aliphatic rings. The lowest BCUT2D eigenvalue weighted by Crippen LogP contribution is -2.04. The summed E-state index contributed by atoms with van der Waals surface area (Å²) in [6.45, 7) is 0. The van der Waals surface area contributed by atoms with Crippen molar-refractivity contribution in [2.24, 2.45) is 0 Å². The van der Waals surface area contributed by atoms with E-state index in [2.05, 4.69) is 25.5 Å². The van der Waals surface area contributed by atoms with Crippen LogP contribution in [-0.4, -0.2) is 20.2 Å². The Bertz CT molecular complexity index is 1110. The predicted molar refractivity (Wildman–Crippen MR) is 104 cm³/mol. The average molecular weight is 411 g/mol. The van der Waals surface area contributed by atoms with Gasteiger partial charge in [-0.1, -0.05) is 5.10 Å². The fraction of sp³-hybridized carbons (Fsp3) is 0.143. The van der Waals surface area contributed by atoms with Crippen LogP contribution in [0.25, 0.3) is 11.5 Å². The number of rotatable bonds is 6. The Hall–Kier alpha value is -3.75. The SMILES string of the molecule is FC(F)(F)c1ccc(Nc2nnc(-c3ccncc3CCc3ccncc3)o2)cc1. The van der Waals surface area contributed by atoms with E-state index in [4.69, 9.17) is 4.42 Å². The highest BCUT2D eigenvalue weighted by molar-refractivity contribution is 5.59. The minimum absolute atomic E-state index is 0.0849. The van der Waals surface area contributed by atoms with Crippen LogP contribution in [0.15, 0.2) is 71.7 Å². The first kappa shape index (κ1) is 19.6. The van der Waals surface area contributed by atoms with Crippen molar-refractivity contribution < 1.29 is 17.6 Å². The van der Waals surface area contributed by atoms with E-state index in [1.807, 2.05) is 12.1 Å². The van der Waals surface area contributed by atoms with Crippen LogP contribution in [0, 0.1) is 0 Å². The molecule has 6 nitrogen and oxygen atoms in total. The molecule has 4 aromatic rings. The zero-order valence-corrected chi connectivity index (χ0v) is 15.6. The average Bonchev–Trinajstić information content (AvgIpc) is 3.21. The van der Waals surface area contributed by atoms with Gasteiger partial charge in [-0.05, 0) is 66.4 Å². The maximum Gasteiger partial charge on any atom is 0.416 e. The second-order valence-corrected chi connectivity index (χ2v) is 6.50. The molecule has 9 heteroatoms. The van der Waals surface area contributed by atoms with Gasteiger partial charge < -0.3 is 9.73 Å². The molecule has 0 bridgehead atoms. The number of benzene rings is 1. The maximum atomic E-state index is 12.7. The quantitative estimate of drug-likeness (QED) is 0.477. The molecule has 0 fully saturated rings. The van der Waals surface area contributed by atoms with Crippen LogP contribution < -0.4 is 5.32 Å². The molecule has 1 aromatic carbocycles. The zero-order valence-electron chi connectivity index (χ0n) is 15.6. The third kappa shape index (κ3) is 4.62. The Morgan fingerprint density at radius 1 is 0.833 bits per heavy atom. The Labute approximate surface area is 169 Å². The lowest BCUT2D eigenvalue weighted by atomic mass is 10.0. The molecule has 0 saturated carbocycles. The second kappa shape index (κ2) is 8.32. The van der Waals surface area contributed by atoms with Crippen LogP contribution in [-0.2, 0) is 19.0 Å². The van der Waals surface area contributed by atoms with E-state index in [-0.39, 0.29) is 6.01 Å². The van der Waals surface area contributed by atoms with Gasteiger partial charge >= 0.3 is 12.2 Å². The number of hydrogen-bond acceptors (Lipinski definition) is 6. The lowest BCUT2D eigenvalue weighted by Gasteiger charge is -2.07. The van der Waals surface area contributed by atoms with Crippen LogP contribution >= 0.6 is 0 Å². The standard InChI is InChI=1S/C21H16F3N5O/c22-21(23,24)16-3-5-17(6-4-16)27-20-29-28-19(30-20)18-9-12-26-13-15(18)2-1-14-7-10-25-11-8-14/h3-13H,1-2H2,(H,27,29). The number of nitrogens with zero attached hydrogens (tertiary/aromatic N) is 4. The smallest absolute Gasteiger partial charge is 0.403 e. The third-order valence-corrected chi connectivity index (χ3v) is 4.45. The number of anilines is 2. The molecule has 30 heavy (non-hydrogen) atoms. The largest absolute Gasteiger partial charge is 0.416 e. The summed E-state index contributed by atoms with van der Waals surface area (Å²) >= 11 is 0. The van der Waals surface area contributed by atoms with Crippen LogP contribution in [0.3, 0.4) is 0 Å². The van der Waals surface area contributed by atoms with E-state index in [1.54, 1.807) is 30.9 Å². The van der Waals surface area contributed by atoms with Crippen LogP contribution in [0.2, 0.25) is 0 Å². The van der Waals surface area contributed by atoms with Gasteiger partial charge in [0.05, 0.1) is 5.56 Å². The number of aryl methyl sites for hydroxylation is 2. The fourth-order valence-electron chi connectivity index (χ4n) is 2.91. The highest BCUT2D eigenvalue weighted by Gasteiger charge is 2.30. The molecule has 0 amide bonds. The summed E-state index contributed by atoms with van der Waals surface area (Å²) in [5.74, 6) is 0.302. The Morgan fingerprint density at radius 3 is 2.30 bits per heavy atom. The highest BCUT2D eigenvalue weighted by Crippen LogP contribution is 2.31. The number of pyridine rings is 2. The first-order chi connectivity index (χ1) is 14.5. The highest BCUT2D eigenvalue weighted by atomic mass is 19.4. The molecule has 152 valence electrons. The number of alkyl halides is 3. The van der Waals surface area contributed by atoms with Crippen molar-refractivity contribution >= 4 is 11.7 Å². The molecule has 0 spiro atoms. The fourth-order valence-corrected chi connectivity index (χ4v) is 2.91. The van der Waals surface area contributed by atoms with E-state index in [9.17, 15) is 13.2 Å². The van der Waals surface area contributed by atoms with Gasteiger partial charge in [0.1, 0.15) is 0 Å². The molecule has 3 aromatic heterocycles. The molecule has 1 N–H and O–H groups in total. The molecule has 0 aliphatic carbocycles. The van der Waals surface area contributed by atoms with Crippen molar-refractivity contribution in [3.8, 4) is 11.5 Å². The Balaban J connectivity index is 1.49. The zero-order chi connectivity index (χ0) is 21.0. The van der Waals surface area contributed by atoms with Crippen molar-refractivity contribution in [2.75, 3.05) is 5.32 Å². The van der Waals surface area contributed by atoms with Crippen molar-refractivity contribution in [1.29, 1.82) is 0 Å². The van der Waals surface area contributed by atoms with Crippen LogP contribution in [0.5, 0.6) is 0 Å². The lowest BCUT2D eigenvalue weighted by molar-refractivity contribution is -0.137. The summed E-state index contributed by atoms with van der Waals surface area (Å²) in [5.41, 5.74) is 2.53. The molecule has 0 saturated heterocycles. The molecule has 0 unspecified atom stereocenters. The predicted octanol–water partition coefficient (Wildman–Crippen LogP) is 5.07. The summed E-state index contributed by atoms with van der Waals surface area (Å²) in [6.07, 6.45) is 4.02. The first-order valence-corrected chi connectivity index (χ1v) is 9.09. The normalized spacial score (nSPS) is 11.4. The van der Waals surface area contributed by atoms with Gasteiger partial charge in [0.15, 0.2) is 0 Å². The summed E-state index contributed by atoms with van der Waals surface area (Å²) < 4.78 is 43.7. The summed E-state index contributed by atoms with van der Waals surface area (Å²) in [5, 5.41) is 10.8. The molecule has 4 rings (SSSR count). The molecule has 0 aliphatic heterocycles. The Kier molecular flexibility index (Phi) is 5.42. The summed E-state index contributed by atoms with van der Waals surface area (Å²) in [4.78, 5) is 8.19. The van der Waals surface area contributed by atoms with Gasteiger partial charge in [0, 0.05) is 36.0 Å². The topological polar surface area (TPSA) is 76.7 Å². The molecular weight excluding hydrogens is 395 g/mol. The number of aromatic nitrogens is 4. The van der Waals surface area contributed by atoms with Crippen molar-refractivity contribution in [3.63, 3.8) is 0 Å². The number of halogens is 3. The second-order valence-electron chi connectivity index (χ2n) is 6.50. The first-order valence-electron chi connectivity index (χ1n) is 9.09. The molecule has 0 atom stereocenters. The number of hydrogen-bond donors (Lipinski definition) is 1. The van der Waals surface area contributed by atoms with Gasteiger partial charge in [-0.25, -0.2) is 0 Å². The van der Waals surface area contributed by atoms with Crippen LogP contribution in [0.4, 0.5) is 24.9 Å². The van der Waals surface area contributed by atoms with Crippen LogP contribution in [0.1, 0.15) is 16.7 Å². The minimum atomic E-state index is -4.38. The molecule has 3 heterocycles. The van der Waals surface area contributed by atoms with Gasteiger partial charge in [0.25, 0.3) is 0 Å². The van der Waals surface area contributed by atoms with E-state index in [1.165, 1.54) is 12.1 Å².